The van der Waals surface area contributed by atoms with Gasteiger partial charge in [0.05, 0.1) is 6.54 Å². The maximum atomic E-state index is 12.3. The van der Waals surface area contributed by atoms with E-state index in [0.29, 0.717) is 13.1 Å². The van der Waals surface area contributed by atoms with E-state index in [1.807, 2.05) is 43.3 Å². The molecule has 0 bridgehead atoms. The summed E-state index contributed by atoms with van der Waals surface area (Å²) in [4.78, 5) is 18.1. The number of pyridine rings is 1. The van der Waals surface area contributed by atoms with Crippen molar-refractivity contribution in [2.24, 2.45) is 0 Å². The molecule has 1 aromatic heterocycles. The molecule has 1 aliphatic heterocycles. The Bertz CT molecular complexity index is 645. The summed E-state index contributed by atoms with van der Waals surface area (Å²) in [5.41, 5.74) is 1.91. The number of benzene rings is 1. The number of anilines is 1. The number of ether oxygens (including phenoxy) is 1. The highest BCUT2D eigenvalue weighted by Gasteiger charge is 2.27. The zero-order valence-electron chi connectivity index (χ0n) is 12.5. The van der Waals surface area contributed by atoms with Gasteiger partial charge in [0.2, 0.25) is 0 Å². The average molecular weight is 297 g/mol. The molecule has 0 saturated carbocycles. The fourth-order valence-corrected chi connectivity index (χ4v) is 2.53. The predicted octanol–water partition coefficient (Wildman–Crippen LogP) is 3.08. The van der Waals surface area contributed by atoms with E-state index in [-0.39, 0.29) is 12.1 Å². The van der Waals surface area contributed by atoms with Crippen LogP contribution in [-0.2, 0) is 0 Å². The topological polar surface area (TPSA) is 54.5 Å². The van der Waals surface area contributed by atoms with Gasteiger partial charge in [-0.1, -0.05) is 18.2 Å². The van der Waals surface area contributed by atoms with Crippen molar-refractivity contribution in [2.75, 3.05) is 18.4 Å². The molecule has 1 N–H and O–H groups in total. The summed E-state index contributed by atoms with van der Waals surface area (Å²) in [6, 6.07) is 11.4. The first-order valence-electron chi connectivity index (χ1n) is 7.40. The first-order valence-corrected chi connectivity index (χ1v) is 7.40. The summed E-state index contributed by atoms with van der Waals surface area (Å²) in [6.45, 7) is 3.28. The van der Waals surface area contributed by atoms with Crippen LogP contribution in [0.15, 0.2) is 48.8 Å². The Morgan fingerprint density at radius 3 is 2.82 bits per heavy atom. The number of para-hydroxylation sites is 1. The molecule has 1 unspecified atom stereocenters. The van der Waals surface area contributed by atoms with Gasteiger partial charge in [0.1, 0.15) is 11.9 Å². The van der Waals surface area contributed by atoms with Gasteiger partial charge in [-0.25, -0.2) is 4.79 Å². The molecule has 2 heterocycles. The summed E-state index contributed by atoms with van der Waals surface area (Å²) in [6.07, 6.45) is 4.27. The van der Waals surface area contributed by atoms with Crippen molar-refractivity contribution in [3.8, 4) is 5.75 Å². The number of nitrogens with one attached hydrogen (secondary N) is 1. The number of amides is 2. The van der Waals surface area contributed by atoms with Crippen LogP contribution in [0, 0.1) is 6.92 Å². The van der Waals surface area contributed by atoms with Gasteiger partial charge < -0.3 is 15.0 Å². The SMILES string of the molecule is Cc1ccccc1NC(=O)N1CCC(Oc2ccncc2)C1. The Balaban J connectivity index is 1.56. The number of rotatable bonds is 3. The van der Waals surface area contributed by atoms with Gasteiger partial charge in [-0.05, 0) is 30.7 Å². The molecular weight excluding hydrogens is 278 g/mol. The third kappa shape index (κ3) is 3.36. The lowest BCUT2D eigenvalue weighted by Crippen LogP contribution is -2.34. The average Bonchev–Trinajstić information content (AvgIpc) is 2.99. The Labute approximate surface area is 129 Å². The molecule has 0 radical (unpaired) electrons. The smallest absolute Gasteiger partial charge is 0.321 e. The molecule has 0 spiro atoms. The third-order valence-electron chi connectivity index (χ3n) is 3.77. The maximum absolute atomic E-state index is 12.3. The van der Waals surface area contributed by atoms with Crippen molar-refractivity contribution >= 4 is 11.7 Å². The van der Waals surface area contributed by atoms with E-state index in [2.05, 4.69) is 10.3 Å². The van der Waals surface area contributed by atoms with Crippen molar-refractivity contribution in [1.82, 2.24) is 9.88 Å². The van der Waals surface area contributed by atoms with Gasteiger partial charge in [0.15, 0.2) is 0 Å². The fraction of sp³-hybridized carbons (Fsp3) is 0.294. The van der Waals surface area contributed by atoms with Crippen LogP contribution in [0.3, 0.4) is 0 Å². The van der Waals surface area contributed by atoms with Crippen molar-refractivity contribution in [2.45, 2.75) is 19.4 Å². The van der Waals surface area contributed by atoms with Crippen LogP contribution < -0.4 is 10.1 Å². The van der Waals surface area contributed by atoms with Crippen LogP contribution in [0.5, 0.6) is 5.75 Å². The molecule has 5 nitrogen and oxygen atoms in total. The lowest BCUT2D eigenvalue weighted by atomic mass is 10.2. The number of hydrogen-bond donors (Lipinski definition) is 1. The predicted molar refractivity (Wildman–Crippen MR) is 85.0 cm³/mol. The summed E-state index contributed by atoms with van der Waals surface area (Å²) < 4.78 is 5.87. The maximum Gasteiger partial charge on any atom is 0.321 e. The number of carbonyl (C=O) groups excluding carboxylic acids is 1. The largest absolute Gasteiger partial charge is 0.488 e. The van der Waals surface area contributed by atoms with Crippen molar-refractivity contribution in [3.63, 3.8) is 0 Å². The van der Waals surface area contributed by atoms with E-state index < -0.39 is 0 Å². The molecule has 2 aromatic rings. The van der Waals surface area contributed by atoms with Crippen LogP contribution in [0.1, 0.15) is 12.0 Å². The monoisotopic (exact) mass is 297 g/mol. The molecule has 0 aliphatic carbocycles. The fourth-order valence-electron chi connectivity index (χ4n) is 2.53. The Morgan fingerprint density at radius 2 is 2.05 bits per heavy atom. The van der Waals surface area contributed by atoms with Gasteiger partial charge in [0.25, 0.3) is 0 Å². The van der Waals surface area contributed by atoms with Crippen LogP contribution in [0.25, 0.3) is 0 Å². The highest BCUT2D eigenvalue weighted by atomic mass is 16.5. The molecule has 22 heavy (non-hydrogen) atoms. The van der Waals surface area contributed by atoms with E-state index in [9.17, 15) is 4.79 Å². The van der Waals surface area contributed by atoms with Gasteiger partial charge in [-0.3, -0.25) is 4.98 Å². The van der Waals surface area contributed by atoms with Crippen LogP contribution in [0.4, 0.5) is 10.5 Å². The molecule has 1 atom stereocenters. The quantitative estimate of drug-likeness (QED) is 0.947. The van der Waals surface area contributed by atoms with E-state index in [4.69, 9.17) is 4.74 Å². The van der Waals surface area contributed by atoms with Crippen molar-refractivity contribution in [3.05, 3.63) is 54.4 Å². The van der Waals surface area contributed by atoms with Gasteiger partial charge >= 0.3 is 6.03 Å². The van der Waals surface area contributed by atoms with Crippen LogP contribution in [-0.4, -0.2) is 35.1 Å². The number of aryl methyl sites for hydroxylation is 1. The molecule has 5 heteroatoms. The second kappa shape index (κ2) is 6.47. The molecule has 114 valence electrons. The molecule has 1 fully saturated rings. The summed E-state index contributed by atoms with van der Waals surface area (Å²) in [5.74, 6) is 0.793. The number of aromatic nitrogens is 1. The van der Waals surface area contributed by atoms with E-state index in [1.54, 1.807) is 17.3 Å². The second-order valence-electron chi connectivity index (χ2n) is 5.40. The first kappa shape index (κ1) is 14.4. The molecular formula is C17H19N3O2. The summed E-state index contributed by atoms with van der Waals surface area (Å²) >= 11 is 0. The van der Waals surface area contributed by atoms with Crippen molar-refractivity contribution < 1.29 is 9.53 Å². The number of urea groups is 1. The lowest BCUT2D eigenvalue weighted by Gasteiger charge is -2.18. The number of hydrogen-bond acceptors (Lipinski definition) is 3. The minimum absolute atomic E-state index is 0.0324. The number of nitrogens with zero attached hydrogens (tertiary/aromatic N) is 2. The molecule has 2 amide bonds. The van der Waals surface area contributed by atoms with Crippen molar-refractivity contribution in [1.29, 1.82) is 0 Å². The van der Waals surface area contributed by atoms with Gasteiger partial charge in [-0.15, -0.1) is 0 Å². The molecule has 1 aromatic carbocycles. The van der Waals surface area contributed by atoms with Gasteiger partial charge in [0, 0.05) is 31.0 Å². The highest BCUT2D eigenvalue weighted by Crippen LogP contribution is 2.19. The Morgan fingerprint density at radius 1 is 1.27 bits per heavy atom. The Kier molecular flexibility index (Phi) is 4.23. The summed E-state index contributed by atoms with van der Waals surface area (Å²) in [7, 11) is 0. The molecule has 1 saturated heterocycles. The Hall–Kier alpha value is -2.56. The first-order chi connectivity index (χ1) is 10.7. The van der Waals surface area contributed by atoms with Crippen LogP contribution >= 0.6 is 0 Å². The molecule has 3 rings (SSSR count). The van der Waals surface area contributed by atoms with E-state index >= 15 is 0 Å². The number of carbonyl (C=O) groups is 1. The molecule has 1 aliphatic rings. The third-order valence-corrected chi connectivity index (χ3v) is 3.77. The lowest BCUT2D eigenvalue weighted by molar-refractivity contribution is 0.194. The highest BCUT2D eigenvalue weighted by molar-refractivity contribution is 5.90. The number of likely N-dealkylation sites (tertiary alicyclic amines) is 1. The minimum atomic E-state index is -0.0740. The second-order valence-corrected chi connectivity index (χ2v) is 5.40. The standard InChI is InChI=1S/C17H19N3O2/c1-13-4-2-3-5-16(13)19-17(21)20-11-8-15(12-20)22-14-6-9-18-10-7-14/h2-7,9-10,15H,8,11-12H2,1H3,(H,19,21). The van der Waals surface area contributed by atoms with Crippen LogP contribution in [0.2, 0.25) is 0 Å². The van der Waals surface area contributed by atoms with E-state index in [0.717, 1.165) is 23.4 Å². The normalized spacial score (nSPS) is 17.3. The zero-order chi connectivity index (χ0) is 15.4. The summed E-state index contributed by atoms with van der Waals surface area (Å²) in [5, 5.41) is 2.96. The van der Waals surface area contributed by atoms with E-state index in [1.165, 1.54) is 0 Å². The van der Waals surface area contributed by atoms with Gasteiger partial charge in [-0.2, -0.15) is 0 Å². The minimum Gasteiger partial charge on any atom is -0.488 e. The zero-order valence-corrected chi connectivity index (χ0v) is 12.5.